The van der Waals surface area contributed by atoms with Crippen LogP contribution in [0.2, 0.25) is 0 Å². The van der Waals surface area contributed by atoms with Gasteiger partial charge in [0, 0.05) is 42.6 Å². The van der Waals surface area contributed by atoms with Crippen LogP contribution in [0.4, 0.5) is 0 Å². The van der Waals surface area contributed by atoms with E-state index in [1.165, 1.54) is 0 Å². The maximum Gasteiger partial charge on any atom is 0.168 e. The van der Waals surface area contributed by atoms with Gasteiger partial charge in [0.1, 0.15) is 0 Å². The summed E-state index contributed by atoms with van der Waals surface area (Å²) in [6, 6.07) is 5.39. The molecular formula is C14H14N2O2. The molecule has 0 saturated heterocycles. The molecule has 4 heteroatoms. The normalized spacial score (nSPS) is 25.0. The van der Waals surface area contributed by atoms with Gasteiger partial charge < -0.3 is 5.01 Å². The third-order valence-corrected chi connectivity index (χ3v) is 3.50. The first-order valence-electron chi connectivity index (χ1n) is 6.02. The topological polar surface area (TPSA) is 49.7 Å². The van der Waals surface area contributed by atoms with Crippen molar-refractivity contribution in [3.63, 3.8) is 0 Å². The molecule has 0 heterocycles. The van der Waals surface area contributed by atoms with Crippen molar-refractivity contribution in [2.75, 3.05) is 14.1 Å². The zero-order valence-corrected chi connectivity index (χ0v) is 10.4. The molecular weight excluding hydrogens is 228 g/mol. The summed E-state index contributed by atoms with van der Waals surface area (Å²) in [5.41, 5.74) is 1.87. The second kappa shape index (κ2) is 3.77. The Balaban J connectivity index is 2.11. The first kappa shape index (κ1) is 11.1. The lowest BCUT2D eigenvalue weighted by Gasteiger charge is -2.15. The molecule has 2 aliphatic carbocycles. The number of hydrogen-bond acceptors (Lipinski definition) is 4. The fraction of sp³-hybridized carbons (Fsp3) is 0.357. The van der Waals surface area contributed by atoms with E-state index in [-0.39, 0.29) is 23.4 Å². The van der Waals surface area contributed by atoms with Gasteiger partial charge >= 0.3 is 0 Å². The first-order chi connectivity index (χ1) is 8.59. The number of Topliss-reactive ketones (excluding diaryl/α,β-unsaturated/α-hetero) is 2. The van der Waals surface area contributed by atoms with E-state index in [1.54, 1.807) is 17.3 Å². The Morgan fingerprint density at radius 2 is 1.94 bits per heavy atom. The molecule has 0 aliphatic heterocycles. The molecule has 2 aliphatic rings. The summed E-state index contributed by atoms with van der Waals surface area (Å²) >= 11 is 0. The van der Waals surface area contributed by atoms with E-state index in [1.807, 2.05) is 26.2 Å². The molecule has 1 aromatic rings. The van der Waals surface area contributed by atoms with Gasteiger partial charge in [0.25, 0.3) is 0 Å². The number of ketones is 2. The fourth-order valence-corrected chi connectivity index (χ4v) is 2.50. The molecule has 0 spiro atoms. The number of hydrazone groups is 1. The number of fused-ring (bicyclic) bond motifs is 2. The van der Waals surface area contributed by atoms with Crippen molar-refractivity contribution in [3.05, 3.63) is 34.9 Å². The fourth-order valence-electron chi connectivity index (χ4n) is 2.50. The molecule has 1 fully saturated rings. The molecule has 0 bridgehead atoms. The van der Waals surface area contributed by atoms with Crippen LogP contribution in [0.1, 0.15) is 32.7 Å². The maximum atomic E-state index is 12.2. The zero-order chi connectivity index (χ0) is 12.9. The molecule has 18 heavy (non-hydrogen) atoms. The summed E-state index contributed by atoms with van der Waals surface area (Å²) in [4.78, 5) is 24.3. The minimum atomic E-state index is -0.0705. The summed E-state index contributed by atoms with van der Waals surface area (Å²) in [6.45, 7) is 0. The Hall–Kier alpha value is -1.97. The highest BCUT2D eigenvalue weighted by molar-refractivity contribution is 6.21. The molecule has 1 aromatic carbocycles. The van der Waals surface area contributed by atoms with Crippen LogP contribution < -0.4 is 0 Å². The minimum Gasteiger partial charge on any atom is -0.303 e. The van der Waals surface area contributed by atoms with Crippen LogP contribution in [-0.2, 0) is 0 Å². The SMILES string of the molecule is CN(C)/N=C/c1cccc2c1C(=O)C1CC1C2=O. The van der Waals surface area contributed by atoms with E-state index in [0.29, 0.717) is 11.1 Å². The molecule has 1 saturated carbocycles. The van der Waals surface area contributed by atoms with Gasteiger partial charge in [-0.05, 0) is 6.42 Å². The molecule has 2 atom stereocenters. The summed E-state index contributed by atoms with van der Waals surface area (Å²) in [5.74, 6) is 0.107. The zero-order valence-electron chi connectivity index (χ0n) is 10.4. The van der Waals surface area contributed by atoms with E-state index < -0.39 is 0 Å². The lowest BCUT2D eigenvalue weighted by atomic mass is 9.87. The van der Waals surface area contributed by atoms with E-state index in [9.17, 15) is 9.59 Å². The van der Waals surface area contributed by atoms with E-state index in [0.717, 1.165) is 12.0 Å². The highest BCUT2D eigenvalue weighted by Crippen LogP contribution is 2.48. The quantitative estimate of drug-likeness (QED) is 0.584. The van der Waals surface area contributed by atoms with Gasteiger partial charge in [-0.1, -0.05) is 18.2 Å². The molecule has 0 radical (unpaired) electrons. The largest absolute Gasteiger partial charge is 0.303 e. The first-order valence-corrected chi connectivity index (χ1v) is 6.02. The molecule has 4 nitrogen and oxygen atoms in total. The van der Waals surface area contributed by atoms with Crippen molar-refractivity contribution in [2.24, 2.45) is 16.9 Å². The van der Waals surface area contributed by atoms with Gasteiger partial charge in [-0.2, -0.15) is 5.10 Å². The number of rotatable bonds is 2. The molecule has 0 aromatic heterocycles. The van der Waals surface area contributed by atoms with Crippen LogP contribution in [0.25, 0.3) is 0 Å². The number of carbonyl (C=O) groups excluding carboxylic acids is 2. The average molecular weight is 242 g/mol. The second-order valence-corrected chi connectivity index (χ2v) is 5.04. The predicted molar refractivity (Wildman–Crippen MR) is 68.0 cm³/mol. The summed E-state index contributed by atoms with van der Waals surface area (Å²) in [5, 5.41) is 5.81. The minimum absolute atomic E-state index is 0.0500. The van der Waals surface area contributed by atoms with Crippen molar-refractivity contribution in [3.8, 4) is 0 Å². The van der Waals surface area contributed by atoms with Crippen molar-refractivity contribution in [1.29, 1.82) is 0 Å². The Bertz CT molecular complexity index is 575. The van der Waals surface area contributed by atoms with Gasteiger partial charge in [0.05, 0.1) is 6.21 Å². The summed E-state index contributed by atoms with van der Waals surface area (Å²) in [7, 11) is 3.63. The van der Waals surface area contributed by atoms with Crippen molar-refractivity contribution >= 4 is 17.8 Å². The van der Waals surface area contributed by atoms with Gasteiger partial charge in [0.2, 0.25) is 0 Å². The van der Waals surface area contributed by atoms with Crippen molar-refractivity contribution in [1.82, 2.24) is 5.01 Å². The molecule has 3 rings (SSSR count). The Labute approximate surface area is 105 Å². The third kappa shape index (κ3) is 1.56. The summed E-state index contributed by atoms with van der Waals surface area (Å²) in [6.07, 6.45) is 2.36. The van der Waals surface area contributed by atoms with E-state index in [4.69, 9.17) is 0 Å². The highest BCUT2D eigenvalue weighted by atomic mass is 16.1. The van der Waals surface area contributed by atoms with Crippen molar-refractivity contribution in [2.45, 2.75) is 6.42 Å². The average Bonchev–Trinajstić information content (AvgIpc) is 3.13. The molecule has 2 unspecified atom stereocenters. The highest BCUT2D eigenvalue weighted by Gasteiger charge is 2.53. The lowest BCUT2D eigenvalue weighted by Crippen LogP contribution is -2.22. The monoisotopic (exact) mass is 242 g/mol. The maximum absolute atomic E-state index is 12.2. The third-order valence-electron chi connectivity index (χ3n) is 3.50. The second-order valence-electron chi connectivity index (χ2n) is 5.04. The van der Waals surface area contributed by atoms with Crippen LogP contribution in [0, 0.1) is 11.8 Å². The number of hydrogen-bond donors (Lipinski definition) is 0. The van der Waals surface area contributed by atoms with Crippen LogP contribution in [-0.4, -0.2) is 36.9 Å². The molecule has 92 valence electrons. The van der Waals surface area contributed by atoms with Gasteiger partial charge in [-0.25, -0.2) is 0 Å². The Kier molecular flexibility index (Phi) is 2.33. The van der Waals surface area contributed by atoms with Crippen LogP contribution in [0.5, 0.6) is 0 Å². The van der Waals surface area contributed by atoms with E-state index in [2.05, 4.69) is 5.10 Å². The summed E-state index contributed by atoms with van der Waals surface area (Å²) < 4.78 is 0. The number of carbonyl (C=O) groups is 2. The van der Waals surface area contributed by atoms with Crippen LogP contribution in [0.15, 0.2) is 23.3 Å². The predicted octanol–water partition coefficient (Wildman–Crippen LogP) is 1.60. The number of nitrogens with zero attached hydrogens (tertiary/aromatic N) is 2. The van der Waals surface area contributed by atoms with Crippen LogP contribution in [0.3, 0.4) is 0 Å². The van der Waals surface area contributed by atoms with Crippen LogP contribution >= 0.6 is 0 Å². The van der Waals surface area contributed by atoms with Gasteiger partial charge in [-0.3, -0.25) is 9.59 Å². The van der Waals surface area contributed by atoms with Gasteiger partial charge in [-0.15, -0.1) is 0 Å². The van der Waals surface area contributed by atoms with Crippen molar-refractivity contribution < 1.29 is 9.59 Å². The smallest absolute Gasteiger partial charge is 0.168 e. The standard InChI is InChI=1S/C14H14N2O2/c1-16(2)15-7-8-4-3-5-9-12(8)14(18)11-6-10(11)13(9)17/h3-5,7,10-11H,6H2,1-2H3/b15-7+. The van der Waals surface area contributed by atoms with E-state index >= 15 is 0 Å². The van der Waals surface area contributed by atoms with Gasteiger partial charge in [0.15, 0.2) is 11.6 Å². The number of benzene rings is 1. The Morgan fingerprint density at radius 1 is 1.22 bits per heavy atom. The Morgan fingerprint density at radius 3 is 2.67 bits per heavy atom. The lowest BCUT2D eigenvalue weighted by molar-refractivity contribution is 0.0878. The molecule has 0 N–H and O–H groups in total. The molecule has 0 amide bonds.